The molecule has 1 aromatic rings. The van der Waals surface area contributed by atoms with E-state index in [1.807, 2.05) is 30.3 Å². The molecule has 0 radical (unpaired) electrons. The quantitative estimate of drug-likeness (QED) is 0.396. The second kappa shape index (κ2) is 10.9. The largest absolute Gasteiger partial charge is 0.504 e. The number of nitrogens with one attached hydrogen (secondary N) is 1. The Labute approximate surface area is 155 Å². The van der Waals surface area contributed by atoms with Crippen molar-refractivity contribution in [1.29, 1.82) is 0 Å². The SMILES string of the molecule is C[P+](=O)OCCC[C@@H](NC(=O)OC(C)(C)C)C(=O)OCc1ccccc1. The van der Waals surface area contributed by atoms with Crippen LogP contribution in [-0.4, -0.2) is 37.0 Å². The maximum Gasteiger partial charge on any atom is 0.504 e. The number of carbonyl (C=O) groups is 2. The van der Waals surface area contributed by atoms with E-state index < -0.39 is 31.7 Å². The number of amides is 1. The molecule has 1 amide bonds. The van der Waals surface area contributed by atoms with Crippen molar-refractivity contribution in [1.82, 2.24) is 5.32 Å². The van der Waals surface area contributed by atoms with Crippen molar-refractivity contribution < 1.29 is 28.2 Å². The van der Waals surface area contributed by atoms with Crippen LogP contribution in [0.5, 0.6) is 0 Å². The van der Waals surface area contributed by atoms with Crippen LogP contribution in [0.2, 0.25) is 0 Å². The maximum absolute atomic E-state index is 12.4. The van der Waals surface area contributed by atoms with Crippen molar-refractivity contribution in [3.8, 4) is 0 Å². The summed E-state index contributed by atoms with van der Waals surface area (Å²) in [4.78, 5) is 24.3. The molecule has 1 aromatic carbocycles. The monoisotopic (exact) mass is 384 g/mol. The lowest BCUT2D eigenvalue weighted by Crippen LogP contribution is -2.44. The Morgan fingerprint density at radius 2 is 1.85 bits per heavy atom. The Morgan fingerprint density at radius 1 is 1.19 bits per heavy atom. The first-order valence-electron chi connectivity index (χ1n) is 8.41. The summed E-state index contributed by atoms with van der Waals surface area (Å²) < 4.78 is 26.4. The van der Waals surface area contributed by atoms with Gasteiger partial charge in [0.15, 0.2) is 6.66 Å². The molecule has 144 valence electrons. The Bertz CT molecular complexity index is 599. The van der Waals surface area contributed by atoms with Gasteiger partial charge in [-0.2, -0.15) is 0 Å². The highest BCUT2D eigenvalue weighted by Crippen LogP contribution is 2.16. The lowest BCUT2D eigenvalue weighted by molar-refractivity contribution is -0.147. The summed E-state index contributed by atoms with van der Waals surface area (Å²) in [5.41, 5.74) is 0.176. The van der Waals surface area contributed by atoms with Gasteiger partial charge in [-0.1, -0.05) is 30.3 Å². The van der Waals surface area contributed by atoms with Crippen LogP contribution in [0, 0.1) is 0 Å². The summed E-state index contributed by atoms with van der Waals surface area (Å²) in [6.45, 7) is 7.01. The summed E-state index contributed by atoms with van der Waals surface area (Å²) >= 11 is 0. The minimum atomic E-state index is -1.70. The summed E-state index contributed by atoms with van der Waals surface area (Å²) in [5, 5.41) is 2.53. The highest BCUT2D eigenvalue weighted by atomic mass is 31.1. The molecule has 1 N–H and O–H groups in total. The van der Waals surface area contributed by atoms with Gasteiger partial charge in [-0.15, -0.1) is 4.52 Å². The van der Waals surface area contributed by atoms with Gasteiger partial charge in [0.2, 0.25) is 0 Å². The van der Waals surface area contributed by atoms with Gasteiger partial charge in [0.05, 0.1) is 0 Å². The molecule has 8 heteroatoms. The van der Waals surface area contributed by atoms with Crippen molar-refractivity contribution in [2.45, 2.75) is 51.9 Å². The number of ether oxygens (including phenoxy) is 2. The molecule has 1 rings (SSSR count). The van der Waals surface area contributed by atoms with Gasteiger partial charge in [0, 0.05) is 0 Å². The molecule has 7 nitrogen and oxygen atoms in total. The fraction of sp³-hybridized carbons (Fsp3) is 0.556. The van der Waals surface area contributed by atoms with Crippen LogP contribution >= 0.6 is 8.03 Å². The summed E-state index contributed by atoms with van der Waals surface area (Å²) in [6.07, 6.45) is 0.0351. The number of hydrogen-bond acceptors (Lipinski definition) is 6. The molecule has 0 saturated heterocycles. The molecule has 0 heterocycles. The van der Waals surface area contributed by atoms with Crippen LogP contribution in [-0.2, 0) is 30.0 Å². The first-order valence-corrected chi connectivity index (χ1v) is 10.0. The smallest absolute Gasteiger partial charge is 0.459 e. The van der Waals surface area contributed by atoms with Crippen molar-refractivity contribution in [2.24, 2.45) is 0 Å². The van der Waals surface area contributed by atoms with Crippen LogP contribution in [0.1, 0.15) is 39.2 Å². The summed E-state index contributed by atoms with van der Waals surface area (Å²) in [5.74, 6) is -0.555. The number of rotatable bonds is 9. The zero-order chi connectivity index (χ0) is 19.6. The third kappa shape index (κ3) is 10.1. The Hall–Kier alpha value is -1.98. The lowest BCUT2D eigenvalue weighted by Gasteiger charge is -2.22. The highest BCUT2D eigenvalue weighted by molar-refractivity contribution is 7.38. The minimum absolute atomic E-state index is 0.115. The van der Waals surface area contributed by atoms with Gasteiger partial charge in [0.1, 0.15) is 24.9 Å². The van der Waals surface area contributed by atoms with Crippen molar-refractivity contribution in [3.05, 3.63) is 35.9 Å². The second-order valence-electron chi connectivity index (χ2n) is 6.71. The predicted octanol–water partition coefficient (Wildman–Crippen LogP) is 3.79. The zero-order valence-corrected chi connectivity index (χ0v) is 16.6. The van der Waals surface area contributed by atoms with Crippen LogP contribution in [0.3, 0.4) is 0 Å². The molecule has 0 bridgehead atoms. The molecule has 0 aliphatic heterocycles. The number of benzene rings is 1. The fourth-order valence-electron chi connectivity index (χ4n) is 2.01. The summed E-state index contributed by atoms with van der Waals surface area (Å²) in [7, 11) is -1.70. The van der Waals surface area contributed by atoms with E-state index in [1.54, 1.807) is 20.8 Å². The number of esters is 1. The average molecular weight is 384 g/mol. The lowest BCUT2D eigenvalue weighted by atomic mass is 10.1. The van der Waals surface area contributed by atoms with E-state index in [1.165, 1.54) is 6.66 Å². The normalized spacial score (nSPS) is 12.8. The van der Waals surface area contributed by atoms with Gasteiger partial charge >= 0.3 is 20.1 Å². The Kier molecular flexibility index (Phi) is 9.24. The molecule has 0 aliphatic rings. The predicted molar refractivity (Wildman–Crippen MR) is 98.1 cm³/mol. The van der Waals surface area contributed by atoms with Crippen molar-refractivity contribution in [2.75, 3.05) is 13.3 Å². The Balaban J connectivity index is 2.60. The van der Waals surface area contributed by atoms with Gasteiger partial charge < -0.3 is 14.8 Å². The van der Waals surface area contributed by atoms with Crippen molar-refractivity contribution >= 4 is 20.1 Å². The van der Waals surface area contributed by atoms with Crippen molar-refractivity contribution in [3.63, 3.8) is 0 Å². The van der Waals surface area contributed by atoms with Gasteiger partial charge in [-0.3, -0.25) is 0 Å². The molecule has 1 unspecified atom stereocenters. The number of alkyl carbamates (subject to hydrolysis) is 1. The van der Waals surface area contributed by atoms with Crippen LogP contribution in [0.4, 0.5) is 4.79 Å². The van der Waals surface area contributed by atoms with E-state index in [2.05, 4.69) is 5.32 Å². The molecule has 0 spiro atoms. The molecule has 2 atom stereocenters. The second-order valence-corrected chi connectivity index (χ2v) is 7.84. The van der Waals surface area contributed by atoms with E-state index in [4.69, 9.17) is 14.0 Å². The standard InChI is InChI=1S/C18H26NO6P/c1-18(2,3)25-17(21)19-15(11-8-12-24-26(4)22)16(20)23-13-14-9-6-5-7-10-14/h5-7,9-10,15H,8,11-13H2,1-4H3/p+1/t15-/m1/s1. The van der Waals surface area contributed by atoms with Crippen LogP contribution in [0.15, 0.2) is 30.3 Å². The van der Waals surface area contributed by atoms with Gasteiger partial charge in [-0.05, 0) is 43.7 Å². The van der Waals surface area contributed by atoms with E-state index in [9.17, 15) is 14.2 Å². The maximum atomic E-state index is 12.4. The first-order chi connectivity index (χ1) is 12.2. The number of carbonyl (C=O) groups excluding carboxylic acids is 2. The Morgan fingerprint density at radius 3 is 2.42 bits per heavy atom. The van der Waals surface area contributed by atoms with Gasteiger partial charge in [-0.25, -0.2) is 9.59 Å². The molecular formula is C18H27NO6P+. The highest BCUT2D eigenvalue weighted by Gasteiger charge is 2.25. The third-order valence-electron chi connectivity index (χ3n) is 3.11. The molecule has 26 heavy (non-hydrogen) atoms. The number of hydrogen-bond donors (Lipinski definition) is 1. The van der Waals surface area contributed by atoms with E-state index in [-0.39, 0.29) is 19.6 Å². The molecule has 0 aromatic heterocycles. The third-order valence-corrected chi connectivity index (χ3v) is 3.66. The minimum Gasteiger partial charge on any atom is -0.459 e. The average Bonchev–Trinajstić information content (AvgIpc) is 2.54. The van der Waals surface area contributed by atoms with E-state index >= 15 is 0 Å². The molecule has 0 aliphatic carbocycles. The van der Waals surface area contributed by atoms with E-state index in [0.717, 1.165) is 5.56 Å². The fourth-order valence-corrected chi connectivity index (χ4v) is 2.39. The van der Waals surface area contributed by atoms with Crippen LogP contribution in [0.25, 0.3) is 0 Å². The van der Waals surface area contributed by atoms with Gasteiger partial charge in [0.25, 0.3) is 0 Å². The van der Waals surface area contributed by atoms with E-state index in [0.29, 0.717) is 6.42 Å². The molecule has 0 fully saturated rings. The first kappa shape index (κ1) is 22.1. The molecular weight excluding hydrogens is 357 g/mol. The molecule has 0 saturated carbocycles. The van der Waals surface area contributed by atoms with Crippen LogP contribution < -0.4 is 5.32 Å². The topological polar surface area (TPSA) is 90.9 Å². The summed E-state index contributed by atoms with van der Waals surface area (Å²) in [6, 6.07) is 8.39. The zero-order valence-electron chi connectivity index (χ0n) is 15.7.